The van der Waals surface area contributed by atoms with Gasteiger partial charge in [0.2, 0.25) is 11.8 Å². The first-order chi connectivity index (χ1) is 17.8. The number of amides is 3. The summed E-state index contributed by atoms with van der Waals surface area (Å²) in [4.78, 5) is 73.8. The van der Waals surface area contributed by atoms with Crippen molar-refractivity contribution in [1.29, 1.82) is 0 Å². The molecular formula is C27H19N3O7. The zero-order chi connectivity index (χ0) is 26.1. The van der Waals surface area contributed by atoms with Crippen molar-refractivity contribution in [2.45, 2.75) is 12.8 Å². The van der Waals surface area contributed by atoms with E-state index in [4.69, 9.17) is 4.74 Å². The normalized spacial score (nSPS) is 14.4. The number of nitrogens with zero attached hydrogens (tertiary/aromatic N) is 1. The maximum absolute atomic E-state index is 12.8. The summed E-state index contributed by atoms with van der Waals surface area (Å²) >= 11 is 0. The zero-order valence-corrected chi connectivity index (χ0v) is 19.3. The van der Waals surface area contributed by atoms with Gasteiger partial charge in [0.05, 0.1) is 11.3 Å². The maximum Gasteiger partial charge on any atom is 0.338 e. The summed E-state index contributed by atoms with van der Waals surface area (Å²) < 4.78 is 5.06. The number of carbonyl (C=O) groups excluding carboxylic acids is 6. The summed E-state index contributed by atoms with van der Waals surface area (Å²) in [6.07, 6.45) is 0.211. The number of rotatable bonds is 5. The fourth-order valence-corrected chi connectivity index (χ4v) is 4.12. The Hall–Kier alpha value is -5.12. The number of hydrogen-bond donors (Lipinski definition) is 2. The number of esters is 1. The molecule has 5 rings (SSSR count). The van der Waals surface area contributed by atoms with Gasteiger partial charge in [0, 0.05) is 40.8 Å². The molecule has 3 amide bonds. The van der Waals surface area contributed by atoms with Crippen LogP contribution in [-0.4, -0.2) is 41.9 Å². The van der Waals surface area contributed by atoms with Crippen molar-refractivity contribution in [1.82, 2.24) is 5.43 Å². The molecule has 0 atom stereocenters. The largest absolute Gasteiger partial charge is 0.452 e. The number of hydrogen-bond acceptors (Lipinski definition) is 7. The number of ether oxygens (including phenoxy) is 1. The molecule has 184 valence electrons. The molecule has 0 spiro atoms. The lowest BCUT2D eigenvalue weighted by Gasteiger charge is -2.27. The molecule has 1 fully saturated rings. The third kappa shape index (κ3) is 4.59. The molecule has 0 saturated carbocycles. The Bertz CT molecular complexity index is 1490. The SMILES string of the molecule is O=C(COC(=O)c1ccc(N2NC(=O)CCC2=O)cc1)Nc1ccc2c(c1)C(=O)c1ccccc1C2=O. The van der Waals surface area contributed by atoms with E-state index in [0.717, 1.165) is 5.01 Å². The maximum atomic E-state index is 12.8. The van der Waals surface area contributed by atoms with Gasteiger partial charge in [0.1, 0.15) is 0 Å². The second-order valence-corrected chi connectivity index (χ2v) is 8.40. The van der Waals surface area contributed by atoms with E-state index in [9.17, 15) is 28.8 Å². The first kappa shape index (κ1) is 23.6. The van der Waals surface area contributed by atoms with Crippen LogP contribution in [0.1, 0.15) is 55.0 Å². The molecule has 0 radical (unpaired) electrons. The number of hydrazine groups is 1. The first-order valence-electron chi connectivity index (χ1n) is 11.3. The molecule has 1 aliphatic carbocycles. The van der Waals surface area contributed by atoms with E-state index in [0.29, 0.717) is 16.8 Å². The fourth-order valence-electron chi connectivity index (χ4n) is 4.12. The smallest absolute Gasteiger partial charge is 0.338 e. The van der Waals surface area contributed by atoms with Crippen LogP contribution in [0.5, 0.6) is 0 Å². The fraction of sp³-hybridized carbons (Fsp3) is 0.111. The van der Waals surface area contributed by atoms with Gasteiger partial charge in [-0.2, -0.15) is 0 Å². The van der Waals surface area contributed by atoms with Crippen molar-refractivity contribution in [2.75, 3.05) is 16.9 Å². The Morgan fingerprint density at radius 2 is 1.46 bits per heavy atom. The molecule has 10 nitrogen and oxygen atoms in total. The minimum Gasteiger partial charge on any atom is -0.452 e. The summed E-state index contributed by atoms with van der Waals surface area (Å²) in [7, 11) is 0. The van der Waals surface area contributed by atoms with E-state index in [2.05, 4.69) is 10.7 Å². The van der Waals surface area contributed by atoms with Crippen LogP contribution < -0.4 is 15.8 Å². The van der Waals surface area contributed by atoms with Crippen molar-refractivity contribution < 1.29 is 33.5 Å². The van der Waals surface area contributed by atoms with Crippen molar-refractivity contribution >= 4 is 46.6 Å². The van der Waals surface area contributed by atoms with Crippen LogP contribution in [-0.2, 0) is 19.1 Å². The molecule has 1 saturated heterocycles. The van der Waals surface area contributed by atoms with Gasteiger partial charge in [-0.15, -0.1) is 0 Å². The lowest BCUT2D eigenvalue weighted by Crippen LogP contribution is -2.50. The standard InChI is InChI=1S/C27H19N3O7/c31-22-11-12-24(33)30(29-22)17-8-5-15(6-9-17)27(36)37-14-23(32)28-16-7-10-20-21(13-16)26(35)19-4-2-1-3-18(19)25(20)34/h1-10,13H,11-12,14H2,(H,28,32)(H,29,31). The molecular weight excluding hydrogens is 478 g/mol. The highest BCUT2D eigenvalue weighted by atomic mass is 16.5. The van der Waals surface area contributed by atoms with Gasteiger partial charge in [-0.1, -0.05) is 24.3 Å². The van der Waals surface area contributed by atoms with Crippen molar-refractivity contribution in [2.24, 2.45) is 0 Å². The van der Waals surface area contributed by atoms with Crippen molar-refractivity contribution in [3.05, 3.63) is 94.5 Å². The highest BCUT2D eigenvalue weighted by Gasteiger charge is 2.29. The van der Waals surface area contributed by atoms with Crippen LogP contribution in [0.3, 0.4) is 0 Å². The number of carbonyl (C=O) groups is 6. The zero-order valence-electron chi connectivity index (χ0n) is 19.3. The monoisotopic (exact) mass is 497 g/mol. The van der Waals surface area contributed by atoms with Gasteiger partial charge >= 0.3 is 5.97 Å². The Morgan fingerprint density at radius 3 is 2.16 bits per heavy atom. The Morgan fingerprint density at radius 1 is 0.811 bits per heavy atom. The number of fused-ring (bicyclic) bond motifs is 2. The molecule has 0 unspecified atom stereocenters. The van der Waals surface area contributed by atoms with Crippen LogP contribution in [0.2, 0.25) is 0 Å². The van der Waals surface area contributed by atoms with Crippen LogP contribution in [0.25, 0.3) is 0 Å². The van der Waals surface area contributed by atoms with E-state index < -0.39 is 18.5 Å². The van der Waals surface area contributed by atoms with Crippen LogP contribution in [0, 0.1) is 0 Å². The van der Waals surface area contributed by atoms with Crippen LogP contribution >= 0.6 is 0 Å². The van der Waals surface area contributed by atoms with Gasteiger partial charge in [0.15, 0.2) is 18.2 Å². The summed E-state index contributed by atoms with van der Waals surface area (Å²) in [5.74, 6) is -2.55. The summed E-state index contributed by atoms with van der Waals surface area (Å²) in [6.45, 7) is -0.589. The van der Waals surface area contributed by atoms with Crippen molar-refractivity contribution in [3.63, 3.8) is 0 Å². The summed E-state index contributed by atoms with van der Waals surface area (Å²) in [5, 5.41) is 3.67. The van der Waals surface area contributed by atoms with Gasteiger partial charge in [-0.05, 0) is 42.5 Å². The van der Waals surface area contributed by atoms with E-state index >= 15 is 0 Å². The minimum absolute atomic E-state index is 0.0900. The molecule has 2 aliphatic rings. The summed E-state index contributed by atoms with van der Waals surface area (Å²) in [5.41, 5.74) is 4.34. The van der Waals surface area contributed by atoms with Crippen molar-refractivity contribution in [3.8, 4) is 0 Å². The van der Waals surface area contributed by atoms with E-state index in [1.165, 1.54) is 42.5 Å². The molecule has 3 aromatic rings. The Labute approximate surface area is 210 Å². The van der Waals surface area contributed by atoms with E-state index in [1.54, 1.807) is 24.3 Å². The summed E-state index contributed by atoms with van der Waals surface area (Å²) in [6, 6.07) is 16.7. The van der Waals surface area contributed by atoms with Gasteiger partial charge in [-0.3, -0.25) is 29.4 Å². The predicted molar refractivity (Wildman–Crippen MR) is 130 cm³/mol. The second-order valence-electron chi connectivity index (χ2n) is 8.40. The average Bonchev–Trinajstić information content (AvgIpc) is 2.92. The van der Waals surface area contributed by atoms with Gasteiger partial charge < -0.3 is 10.1 Å². The number of anilines is 2. The van der Waals surface area contributed by atoms with E-state index in [1.807, 2.05) is 0 Å². The predicted octanol–water partition coefficient (Wildman–Crippen LogP) is 2.42. The number of ketones is 2. The molecule has 2 N–H and O–H groups in total. The second kappa shape index (κ2) is 9.50. The highest BCUT2D eigenvalue weighted by Crippen LogP contribution is 2.29. The molecule has 37 heavy (non-hydrogen) atoms. The molecule has 10 heteroatoms. The molecule has 0 aromatic heterocycles. The van der Waals surface area contributed by atoms with Gasteiger partial charge in [-0.25, -0.2) is 9.80 Å². The Kier molecular flexibility index (Phi) is 6.06. The number of nitrogens with one attached hydrogen (secondary N) is 2. The van der Waals surface area contributed by atoms with Crippen LogP contribution in [0.15, 0.2) is 66.7 Å². The average molecular weight is 497 g/mol. The third-order valence-corrected chi connectivity index (χ3v) is 5.96. The molecule has 1 aliphatic heterocycles. The highest BCUT2D eigenvalue weighted by molar-refractivity contribution is 6.28. The lowest BCUT2D eigenvalue weighted by molar-refractivity contribution is -0.130. The Balaban J connectivity index is 1.20. The lowest BCUT2D eigenvalue weighted by atomic mass is 9.84. The third-order valence-electron chi connectivity index (χ3n) is 5.96. The number of benzene rings is 3. The topological polar surface area (TPSA) is 139 Å². The molecule has 0 bridgehead atoms. The van der Waals surface area contributed by atoms with E-state index in [-0.39, 0.29) is 58.6 Å². The minimum atomic E-state index is -0.765. The first-order valence-corrected chi connectivity index (χ1v) is 11.3. The van der Waals surface area contributed by atoms with Gasteiger partial charge in [0.25, 0.3) is 5.91 Å². The molecule has 1 heterocycles. The quantitative estimate of drug-likeness (QED) is 0.404. The van der Waals surface area contributed by atoms with Crippen LogP contribution in [0.4, 0.5) is 11.4 Å². The molecule has 3 aromatic carbocycles.